The van der Waals surface area contributed by atoms with Crippen LogP contribution in [0.15, 0.2) is 29.2 Å². The molecule has 0 heterocycles. The van der Waals surface area contributed by atoms with Crippen LogP contribution in [-0.2, 0) is 14.6 Å². The van der Waals surface area contributed by atoms with Gasteiger partial charge in [0, 0.05) is 18.7 Å². The molecular weight excluding hydrogens is 288 g/mol. The molecule has 1 rings (SSSR count). The number of carbonyl (C=O) groups is 1. The van der Waals surface area contributed by atoms with Gasteiger partial charge in [-0.1, -0.05) is 26.0 Å². The third-order valence-electron chi connectivity index (χ3n) is 3.46. The van der Waals surface area contributed by atoms with Gasteiger partial charge in [0.2, 0.25) is 5.91 Å². The molecule has 1 aromatic carbocycles. The number of carbonyl (C=O) groups excluding carboxylic acids is 1. The fraction of sp³-hybridized carbons (Fsp3) is 0.533. The highest BCUT2D eigenvalue weighted by Gasteiger charge is 2.16. The van der Waals surface area contributed by atoms with Crippen LogP contribution >= 0.6 is 0 Å². The molecule has 0 fully saturated rings. The first-order valence-corrected chi connectivity index (χ1v) is 8.85. The van der Waals surface area contributed by atoms with Gasteiger partial charge in [-0.3, -0.25) is 4.79 Å². The zero-order chi connectivity index (χ0) is 16.2. The van der Waals surface area contributed by atoms with Crippen LogP contribution < -0.4 is 11.1 Å². The molecule has 0 radical (unpaired) electrons. The number of hydrogen-bond donors (Lipinski definition) is 2. The fourth-order valence-electron chi connectivity index (χ4n) is 1.84. The number of rotatable bonds is 6. The van der Waals surface area contributed by atoms with Crippen LogP contribution in [0.1, 0.15) is 38.8 Å². The molecule has 1 amide bonds. The Morgan fingerprint density at radius 2 is 1.71 bits per heavy atom. The van der Waals surface area contributed by atoms with Gasteiger partial charge in [-0.2, -0.15) is 0 Å². The average Bonchev–Trinajstić information content (AvgIpc) is 2.37. The number of amides is 1. The van der Waals surface area contributed by atoms with Crippen LogP contribution in [-0.4, -0.2) is 26.6 Å². The van der Waals surface area contributed by atoms with Gasteiger partial charge < -0.3 is 11.1 Å². The van der Waals surface area contributed by atoms with Crippen molar-refractivity contribution in [2.45, 2.75) is 44.2 Å². The lowest BCUT2D eigenvalue weighted by atomic mass is 10.0. The molecule has 0 aliphatic heterocycles. The zero-order valence-electron chi connectivity index (χ0n) is 13.0. The minimum atomic E-state index is -3.20. The molecule has 0 aliphatic carbocycles. The van der Waals surface area contributed by atoms with E-state index < -0.39 is 9.84 Å². The second-order valence-electron chi connectivity index (χ2n) is 5.74. The highest BCUT2D eigenvalue weighted by atomic mass is 32.2. The average molecular weight is 312 g/mol. The van der Waals surface area contributed by atoms with Crippen LogP contribution in [0, 0.1) is 5.92 Å². The Labute approximate surface area is 126 Å². The molecule has 0 bridgehead atoms. The molecule has 6 heteroatoms. The Morgan fingerprint density at radius 1 is 1.19 bits per heavy atom. The summed E-state index contributed by atoms with van der Waals surface area (Å²) in [4.78, 5) is 12.2. The van der Waals surface area contributed by atoms with Crippen molar-refractivity contribution < 1.29 is 13.2 Å². The Balaban J connectivity index is 2.68. The maximum Gasteiger partial charge on any atom is 0.222 e. The lowest BCUT2D eigenvalue weighted by Gasteiger charge is -2.18. The van der Waals surface area contributed by atoms with E-state index in [1.54, 1.807) is 24.3 Å². The minimum Gasteiger partial charge on any atom is -0.350 e. The summed E-state index contributed by atoms with van der Waals surface area (Å²) >= 11 is 0. The maximum atomic E-state index is 11.9. The van der Waals surface area contributed by atoms with E-state index in [4.69, 9.17) is 5.73 Å². The summed E-state index contributed by atoms with van der Waals surface area (Å²) in [5.74, 6) is 0.149. The third-order valence-corrected chi connectivity index (χ3v) is 4.59. The van der Waals surface area contributed by atoms with E-state index >= 15 is 0 Å². The second kappa shape index (κ2) is 7.04. The van der Waals surface area contributed by atoms with Crippen LogP contribution in [0.3, 0.4) is 0 Å². The molecule has 118 valence electrons. The Morgan fingerprint density at radius 3 is 2.14 bits per heavy atom. The zero-order valence-corrected chi connectivity index (χ0v) is 13.8. The minimum absolute atomic E-state index is 0.101. The molecule has 0 saturated heterocycles. The quantitative estimate of drug-likeness (QED) is 0.835. The molecule has 21 heavy (non-hydrogen) atoms. The highest BCUT2D eigenvalue weighted by molar-refractivity contribution is 7.90. The van der Waals surface area contributed by atoms with Crippen molar-refractivity contribution in [1.82, 2.24) is 5.32 Å². The van der Waals surface area contributed by atoms with Gasteiger partial charge in [0.1, 0.15) is 0 Å². The number of nitrogens with one attached hydrogen (secondary N) is 1. The first-order chi connectivity index (χ1) is 9.61. The lowest BCUT2D eigenvalue weighted by molar-refractivity contribution is -0.122. The molecule has 3 N–H and O–H groups in total. The predicted molar refractivity (Wildman–Crippen MR) is 83.5 cm³/mol. The van der Waals surface area contributed by atoms with Crippen molar-refractivity contribution in [2.24, 2.45) is 11.7 Å². The van der Waals surface area contributed by atoms with Crippen LogP contribution in [0.4, 0.5) is 0 Å². The second-order valence-corrected chi connectivity index (χ2v) is 7.76. The summed E-state index contributed by atoms with van der Waals surface area (Å²) in [6.45, 7) is 5.81. The SMILES string of the molecule is CC(NC(=O)CC(N)C(C)C)c1ccc(S(C)(=O)=O)cc1. The largest absolute Gasteiger partial charge is 0.350 e. The standard InChI is InChI=1S/C15H24N2O3S/c1-10(2)14(16)9-15(18)17-11(3)12-5-7-13(8-6-12)21(4,19)20/h5-8,10-11,14H,9,16H2,1-4H3,(H,17,18). The predicted octanol–water partition coefficient (Wildman–Crippen LogP) is 1.64. The van der Waals surface area contributed by atoms with Crippen molar-refractivity contribution in [3.8, 4) is 0 Å². The summed E-state index contributed by atoms with van der Waals surface area (Å²) in [6, 6.07) is 6.17. The van der Waals surface area contributed by atoms with E-state index in [0.717, 1.165) is 5.56 Å². The van der Waals surface area contributed by atoms with E-state index in [1.165, 1.54) is 6.26 Å². The summed E-state index contributed by atoms with van der Waals surface area (Å²) in [7, 11) is -3.20. The normalized spacial score (nSPS) is 14.8. The molecular formula is C15H24N2O3S. The molecule has 5 nitrogen and oxygen atoms in total. The third kappa shape index (κ3) is 5.47. The molecule has 0 aromatic heterocycles. The van der Waals surface area contributed by atoms with Crippen LogP contribution in [0.2, 0.25) is 0 Å². The van der Waals surface area contributed by atoms with E-state index in [0.29, 0.717) is 0 Å². The van der Waals surface area contributed by atoms with Gasteiger partial charge in [-0.05, 0) is 30.5 Å². The van der Waals surface area contributed by atoms with Crippen LogP contribution in [0.25, 0.3) is 0 Å². The van der Waals surface area contributed by atoms with Gasteiger partial charge >= 0.3 is 0 Å². The highest BCUT2D eigenvalue weighted by Crippen LogP contribution is 2.16. The van der Waals surface area contributed by atoms with E-state index in [9.17, 15) is 13.2 Å². The topological polar surface area (TPSA) is 89.3 Å². The monoisotopic (exact) mass is 312 g/mol. The smallest absolute Gasteiger partial charge is 0.222 e. The van der Waals surface area contributed by atoms with Gasteiger partial charge in [0.05, 0.1) is 10.9 Å². The first kappa shape index (κ1) is 17.7. The maximum absolute atomic E-state index is 11.9. The van der Waals surface area contributed by atoms with Crippen molar-refractivity contribution >= 4 is 15.7 Å². The number of sulfone groups is 1. The van der Waals surface area contributed by atoms with Crippen molar-refractivity contribution in [2.75, 3.05) is 6.26 Å². The van der Waals surface area contributed by atoms with Crippen LogP contribution in [0.5, 0.6) is 0 Å². The van der Waals surface area contributed by atoms with Crippen molar-refractivity contribution in [3.63, 3.8) is 0 Å². The number of nitrogens with two attached hydrogens (primary N) is 1. The van der Waals surface area contributed by atoms with E-state index in [1.807, 2.05) is 20.8 Å². The molecule has 2 unspecified atom stereocenters. The summed E-state index contributed by atoms with van der Waals surface area (Å²) in [5.41, 5.74) is 6.73. The Bertz CT molecular complexity index is 579. The Hall–Kier alpha value is -1.40. The molecule has 0 spiro atoms. The summed E-state index contributed by atoms with van der Waals surface area (Å²) < 4.78 is 22.8. The van der Waals surface area contributed by atoms with E-state index in [2.05, 4.69) is 5.32 Å². The van der Waals surface area contributed by atoms with Gasteiger partial charge in [0.15, 0.2) is 9.84 Å². The molecule has 2 atom stereocenters. The molecule has 0 aliphatic rings. The fourth-order valence-corrected chi connectivity index (χ4v) is 2.47. The number of benzene rings is 1. The van der Waals surface area contributed by atoms with Gasteiger partial charge in [-0.15, -0.1) is 0 Å². The van der Waals surface area contributed by atoms with Crippen molar-refractivity contribution in [1.29, 1.82) is 0 Å². The molecule has 1 aromatic rings. The summed E-state index contributed by atoms with van der Waals surface area (Å²) in [6.07, 6.45) is 1.45. The number of hydrogen-bond acceptors (Lipinski definition) is 4. The lowest BCUT2D eigenvalue weighted by Crippen LogP contribution is -2.35. The van der Waals surface area contributed by atoms with Gasteiger partial charge in [0.25, 0.3) is 0 Å². The van der Waals surface area contributed by atoms with Crippen molar-refractivity contribution in [3.05, 3.63) is 29.8 Å². The van der Waals surface area contributed by atoms with Gasteiger partial charge in [-0.25, -0.2) is 8.42 Å². The summed E-state index contributed by atoms with van der Waals surface area (Å²) in [5, 5.41) is 2.87. The van der Waals surface area contributed by atoms with E-state index in [-0.39, 0.29) is 35.2 Å². The Kier molecular flexibility index (Phi) is 5.92. The molecule has 0 saturated carbocycles. The first-order valence-electron chi connectivity index (χ1n) is 6.96.